The van der Waals surface area contributed by atoms with Crippen molar-refractivity contribution in [1.82, 2.24) is 9.55 Å². The molecule has 0 radical (unpaired) electrons. The summed E-state index contributed by atoms with van der Waals surface area (Å²) in [4.78, 5) is 40.9. The summed E-state index contributed by atoms with van der Waals surface area (Å²) < 4.78 is 1.25. The number of carbonyl (C=O) groups is 1. The van der Waals surface area contributed by atoms with Crippen molar-refractivity contribution in [2.24, 2.45) is 0 Å². The molecule has 0 saturated heterocycles. The first-order chi connectivity index (χ1) is 13.5. The minimum Gasteiger partial charge on any atom is -0.383 e. The second kappa shape index (κ2) is 8.53. The third kappa shape index (κ3) is 4.12. The molecular weight excluding hydrogens is 376 g/mol. The number of nitrogen functional groups attached to an aromatic ring is 1. The fraction of sp³-hybridized carbons (Fsp3) is 0.150. The van der Waals surface area contributed by atoms with Crippen LogP contribution in [-0.2, 0) is 11.3 Å². The quantitative estimate of drug-likeness (QED) is 0.624. The molecule has 0 aliphatic heterocycles. The first-order valence-corrected chi connectivity index (χ1v) is 9.63. The number of H-pyrrole nitrogens is 1. The summed E-state index contributed by atoms with van der Waals surface area (Å²) >= 11 is 1.52. The Kier molecular flexibility index (Phi) is 5.90. The number of hydrogen-bond acceptors (Lipinski definition) is 5. The highest BCUT2D eigenvalue weighted by molar-refractivity contribution is 7.08. The first-order valence-electron chi connectivity index (χ1n) is 8.69. The van der Waals surface area contributed by atoms with Crippen molar-refractivity contribution in [3.63, 3.8) is 0 Å². The molecule has 2 heterocycles. The van der Waals surface area contributed by atoms with Gasteiger partial charge in [0.2, 0.25) is 0 Å². The lowest BCUT2D eigenvalue weighted by Crippen LogP contribution is -2.40. The first kappa shape index (κ1) is 19.4. The van der Waals surface area contributed by atoms with Crippen molar-refractivity contribution in [2.75, 3.05) is 17.2 Å². The molecule has 3 rings (SSSR count). The predicted molar refractivity (Wildman–Crippen MR) is 113 cm³/mol. The summed E-state index contributed by atoms with van der Waals surface area (Å²) in [6.07, 6.45) is 3.06. The fourth-order valence-electron chi connectivity index (χ4n) is 2.81. The average Bonchev–Trinajstić information content (AvgIpc) is 3.21. The molecule has 1 amide bonds. The molecular formula is C20H20N4O3S. The number of hydrogen-bond donors (Lipinski definition) is 2. The molecule has 0 aliphatic carbocycles. The number of rotatable bonds is 6. The lowest BCUT2D eigenvalue weighted by Gasteiger charge is -2.22. The second-order valence-electron chi connectivity index (χ2n) is 6.04. The van der Waals surface area contributed by atoms with Gasteiger partial charge < -0.3 is 10.6 Å². The normalized spacial score (nSPS) is 11.0. The largest absolute Gasteiger partial charge is 0.383 e. The highest BCUT2D eigenvalue weighted by Gasteiger charge is 2.21. The van der Waals surface area contributed by atoms with Crippen LogP contribution in [-0.4, -0.2) is 22.0 Å². The van der Waals surface area contributed by atoms with Gasteiger partial charge in [-0.3, -0.25) is 19.1 Å². The predicted octanol–water partition coefficient (Wildman–Crippen LogP) is 2.29. The maximum Gasteiger partial charge on any atom is 0.330 e. The van der Waals surface area contributed by atoms with Gasteiger partial charge in [0, 0.05) is 12.6 Å². The van der Waals surface area contributed by atoms with E-state index < -0.39 is 17.2 Å². The maximum atomic E-state index is 12.7. The van der Waals surface area contributed by atoms with Gasteiger partial charge in [-0.1, -0.05) is 30.3 Å². The van der Waals surface area contributed by atoms with Crippen LogP contribution >= 0.6 is 11.3 Å². The van der Waals surface area contributed by atoms with Crippen LogP contribution in [0.5, 0.6) is 0 Å². The van der Waals surface area contributed by atoms with Gasteiger partial charge in [0.1, 0.15) is 5.82 Å². The van der Waals surface area contributed by atoms with Gasteiger partial charge >= 0.3 is 5.69 Å². The standard InChI is InChI=1S/C20H20N4O3S/c1-2-23(16(25)9-8-15-10-11-28-13-15)17-18(21)24(20(27)22-19(17)26)12-14-6-4-3-5-7-14/h3-11,13H,2,12,21H2,1H3,(H,22,26,27). The number of likely N-dealkylation sites (N-methyl/N-ethyl adjacent to an activating group) is 1. The molecule has 7 nitrogen and oxygen atoms in total. The van der Waals surface area contributed by atoms with E-state index in [0.717, 1.165) is 11.1 Å². The zero-order chi connectivity index (χ0) is 20.1. The minimum atomic E-state index is -0.689. The van der Waals surface area contributed by atoms with E-state index in [1.807, 2.05) is 47.2 Å². The summed E-state index contributed by atoms with van der Waals surface area (Å²) in [5.41, 5.74) is 6.57. The fourth-order valence-corrected chi connectivity index (χ4v) is 3.44. The van der Waals surface area contributed by atoms with E-state index in [1.165, 1.54) is 26.9 Å². The molecule has 0 atom stereocenters. The van der Waals surface area contributed by atoms with Gasteiger partial charge in [0.25, 0.3) is 11.5 Å². The molecule has 3 aromatic rings. The number of amides is 1. The Balaban J connectivity index is 1.99. The van der Waals surface area contributed by atoms with E-state index in [-0.39, 0.29) is 24.6 Å². The number of aromatic amines is 1. The van der Waals surface area contributed by atoms with Gasteiger partial charge in [-0.15, -0.1) is 0 Å². The Labute approximate surface area is 165 Å². The molecule has 0 fully saturated rings. The van der Waals surface area contributed by atoms with Gasteiger partial charge in [0.05, 0.1) is 6.54 Å². The number of carbonyl (C=O) groups excluding carboxylic acids is 1. The van der Waals surface area contributed by atoms with E-state index in [1.54, 1.807) is 13.0 Å². The van der Waals surface area contributed by atoms with Crippen molar-refractivity contribution in [1.29, 1.82) is 0 Å². The number of nitrogens with zero attached hydrogens (tertiary/aromatic N) is 2. The lowest BCUT2D eigenvalue weighted by molar-refractivity contribution is -0.114. The topological polar surface area (TPSA) is 101 Å². The molecule has 0 spiro atoms. The third-order valence-electron chi connectivity index (χ3n) is 4.21. The van der Waals surface area contributed by atoms with E-state index in [2.05, 4.69) is 4.98 Å². The summed E-state index contributed by atoms with van der Waals surface area (Å²) in [6, 6.07) is 11.1. The van der Waals surface area contributed by atoms with Crippen molar-refractivity contribution < 1.29 is 4.79 Å². The molecule has 1 aromatic carbocycles. The molecule has 0 saturated carbocycles. The van der Waals surface area contributed by atoms with E-state index >= 15 is 0 Å². The summed E-state index contributed by atoms with van der Waals surface area (Å²) in [7, 11) is 0. The highest BCUT2D eigenvalue weighted by atomic mass is 32.1. The molecule has 28 heavy (non-hydrogen) atoms. The number of nitrogens with one attached hydrogen (secondary N) is 1. The lowest BCUT2D eigenvalue weighted by atomic mass is 10.2. The van der Waals surface area contributed by atoms with Crippen LogP contribution in [0, 0.1) is 0 Å². The van der Waals surface area contributed by atoms with Crippen molar-refractivity contribution >= 4 is 34.8 Å². The van der Waals surface area contributed by atoms with Crippen LogP contribution in [0.2, 0.25) is 0 Å². The van der Waals surface area contributed by atoms with Crippen LogP contribution in [0.1, 0.15) is 18.1 Å². The van der Waals surface area contributed by atoms with Crippen LogP contribution < -0.4 is 21.9 Å². The molecule has 8 heteroatoms. The van der Waals surface area contributed by atoms with Gasteiger partial charge in [-0.05, 0) is 41.0 Å². The van der Waals surface area contributed by atoms with Crippen LogP contribution in [0.25, 0.3) is 6.08 Å². The van der Waals surface area contributed by atoms with Crippen LogP contribution in [0.15, 0.2) is 62.8 Å². The SMILES string of the molecule is CCN(C(=O)C=Cc1ccsc1)c1c(N)n(Cc2ccccc2)c(=O)[nH]c1=O. The van der Waals surface area contributed by atoms with Gasteiger partial charge in [-0.2, -0.15) is 11.3 Å². The van der Waals surface area contributed by atoms with Crippen LogP contribution in [0.4, 0.5) is 11.5 Å². The highest BCUT2D eigenvalue weighted by Crippen LogP contribution is 2.18. The molecule has 3 N–H and O–H groups in total. The smallest absolute Gasteiger partial charge is 0.330 e. The second-order valence-corrected chi connectivity index (χ2v) is 6.82. The molecule has 0 aliphatic rings. The number of thiophene rings is 1. The molecule has 0 unspecified atom stereocenters. The summed E-state index contributed by atoms with van der Waals surface area (Å²) in [6.45, 7) is 2.15. The van der Waals surface area contributed by atoms with Gasteiger partial charge in [-0.25, -0.2) is 4.79 Å². The Hall–Kier alpha value is -3.39. The Morgan fingerprint density at radius 3 is 2.64 bits per heavy atom. The van der Waals surface area contributed by atoms with Crippen LogP contribution in [0.3, 0.4) is 0 Å². The Bertz CT molecular complexity index is 1100. The summed E-state index contributed by atoms with van der Waals surface area (Å²) in [5.74, 6) is -0.437. The summed E-state index contributed by atoms with van der Waals surface area (Å²) in [5, 5.41) is 3.81. The Morgan fingerprint density at radius 2 is 2.00 bits per heavy atom. The van der Waals surface area contributed by atoms with Gasteiger partial charge in [0.15, 0.2) is 5.69 Å². The monoisotopic (exact) mass is 396 g/mol. The third-order valence-corrected chi connectivity index (χ3v) is 4.91. The van der Waals surface area contributed by atoms with E-state index in [9.17, 15) is 14.4 Å². The number of anilines is 2. The van der Waals surface area contributed by atoms with Crippen molar-refractivity contribution in [2.45, 2.75) is 13.5 Å². The van der Waals surface area contributed by atoms with Crippen molar-refractivity contribution in [3.8, 4) is 0 Å². The zero-order valence-electron chi connectivity index (χ0n) is 15.3. The average molecular weight is 396 g/mol. The number of nitrogens with two attached hydrogens (primary N) is 1. The van der Waals surface area contributed by atoms with Crippen molar-refractivity contribution in [3.05, 3.63) is 85.2 Å². The Morgan fingerprint density at radius 1 is 1.25 bits per heavy atom. The van der Waals surface area contributed by atoms with E-state index in [0.29, 0.717) is 0 Å². The minimum absolute atomic E-state index is 0.0296. The number of benzene rings is 1. The van der Waals surface area contributed by atoms with E-state index in [4.69, 9.17) is 5.73 Å². The number of aromatic nitrogens is 2. The molecule has 2 aromatic heterocycles. The zero-order valence-corrected chi connectivity index (χ0v) is 16.1. The maximum absolute atomic E-state index is 12.7. The molecule has 0 bridgehead atoms. The molecule has 144 valence electrons.